The Morgan fingerprint density at radius 3 is 2.77 bits per heavy atom. The minimum absolute atomic E-state index is 0.0189. The van der Waals surface area contributed by atoms with Gasteiger partial charge >= 0.3 is 0 Å². The van der Waals surface area contributed by atoms with Crippen molar-refractivity contribution in [1.29, 1.82) is 0 Å². The third kappa shape index (κ3) is 3.80. The van der Waals surface area contributed by atoms with E-state index >= 15 is 0 Å². The van der Waals surface area contributed by atoms with Crippen LogP contribution in [0.4, 0.5) is 15.9 Å². The largest absolute Gasteiger partial charge is 0.504 e. The van der Waals surface area contributed by atoms with Crippen LogP contribution in [0.3, 0.4) is 0 Å². The zero-order chi connectivity index (χ0) is 22.1. The molecule has 0 amide bonds. The van der Waals surface area contributed by atoms with Gasteiger partial charge in [-0.15, -0.1) is 0 Å². The third-order valence-electron chi connectivity index (χ3n) is 4.73. The first-order chi connectivity index (χ1) is 14.9. The van der Waals surface area contributed by atoms with Crippen LogP contribution in [0.5, 0.6) is 11.5 Å². The normalized spacial score (nSPS) is 11.3. The maximum absolute atomic E-state index is 14.2. The van der Waals surface area contributed by atoms with Crippen molar-refractivity contribution in [1.82, 2.24) is 9.38 Å². The number of pyridine rings is 1. The Hall–Kier alpha value is -4.27. The highest BCUT2D eigenvalue weighted by atomic mass is 19.1. The van der Waals surface area contributed by atoms with Crippen molar-refractivity contribution in [3.05, 3.63) is 81.8 Å². The van der Waals surface area contributed by atoms with Gasteiger partial charge < -0.3 is 9.84 Å². The summed E-state index contributed by atoms with van der Waals surface area (Å²) in [6.07, 6.45) is 3.02. The fourth-order valence-corrected chi connectivity index (χ4v) is 3.15. The first-order valence-corrected chi connectivity index (χ1v) is 9.21. The molecule has 0 bridgehead atoms. The number of methoxy groups -OCH3 is 1. The zero-order valence-corrected chi connectivity index (χ0v) is 16.6. The van der Waals surface area contributed by atoms with E-state index in [4.69, 9.17) is 4.74 Å². The molecule has 31 heavy (non-hydrogen) atoms. The molecule has 156 valence electrons. The molecular formula is C22H17FN4O4. The number of aromatic hydroxyl groups is 1. The van der Waals surface area contributed by atoms with Crippen LogP contribution in [0.15, 0.2) is 59.7 Å². The summed E-state index contributed by atoms with van der Waals surface area (Å²) in [5, 5.41) is 20.9. The van der Waals surface area contributed by atoms with Gasteiger partial charge in [0.25, 0.3) is 5.69 Å². The molecule has 4 aromatic rings. The highest BCUT2D eigenvalue weighted by Crippen LogP contribution is 2.36. The van der Waals surface area contributed by atoms with Crippen molar-refractivity contribution in [2.24, 2.45) is 4.99 Å². The number of aliphatic imine (C=N–C) groups is 1. The second-order valence-electron chi connectivity index (χ2n) is 6.82. The van der Waals surface area contributed by atoms with E-state index in [1.54, 1.807) is 22.7 Å². The first-order valence-electron chi connectivity index (χ1n) is 9.21. The molecule has 0 aliphatic heterocycles. The summed E-state index contributed by atoms with van der Waals surface area (Å²) < 4.78 is 21.1. The maximum atomic E-state index is 14.2. The van der Waals surface area contributed by atoms with Crippen molar-refractivity contribution >= 4 is 23.4 Å². The number of nitro groups is 1. The van der Waals surface area contributed by atoms with Crippen molar-refractivity contribution in [3.63, 3.8) is 0 Å². The van der Waals surface area contributed by atoms with Gasteiger partial charge in [0.2, 0.25) is 0 Å². The monoisotopic (exact) mass is 420 g/mol. The summed E-state index contributed by atoms with van der Waals surface area (Å²) in [5.41, 5.74) is 2.46. The van der Waals surface area contributed by atoms with Crippen LogP contribution in [0, 0.1) is 22.9 Å². The van der Waals surface area contributed by atoms with Gasteiger partial charge in [0.1, 0.15) is 17.2 Å². The number of aryl methyl sites for hydroxylation is 1. The van der Waals surface area contributed by atoms with E-state index in [9.17, 15) is 19.6 Å². The van der Waals surface area contributed by atoms with Gasteiger partial charge in [-0.1, -0.05) is 0 Å². The van der Waals surface area contributed by atoms with Crippen molar-refractivity contribution in [2.75, 3.05) is 7.11 Å². The van der Waals surface area contributed by atoms with E-state index < -0.39 is 10.7 Å². The Balaban J connectivity index is 1.89. The molecule has 0 unspecified atom stereocenters. The van der Waals surface area contributed by atoms with Crippen LogP contribution < -0.4 is 4.74 Å². The zero-order valence-electron chi connectivity index (χ0n) is 16.6. The van der Waals surface area contributed by atoms with Gasteiger partial charge in [-0.2, -0.15) is 0 Å². The van der Waals surface area contributed by atoms with E-state index in [2.05, 4.69) is 9.98 Å². The van der Waals surface area contributed by atoms with Crippen molar-refractivity contribution in [2.45, 2.75) is 6.92 Å². The van der Waals surface area contributed by atoms with Crippen molar-refractivity contribution < 1.29 is 19.2 Å². The smallest absolute Gasteiger partial charge is 0.270 e. The van der Waals surface area contributed by atoms with Crippen LogP contribution in [0.1, 0.15) is 11.1 Å². The lowest BCUT2D eigenvalue weighted by Crippen LogP contribution is -1.94. The van der Waals surface area contributed by atoms with Gasteiger partial charge in [0, 0.05) is 35.7 Å². The predicted molar refractivity (Wildman–Crippen MR) is 114 cm³/mol. The molecule has 8 nitrogen and oxygen atoms in total. The number of hydrogen-bond donors (Lipinski definition) is 1. The first kappa shape index (κ1) is 20.0. The lowest BCUT2D eigenvalue weighted by molar-refractivity contribution is -0.384. The molecule has 0 radical (unpaired) electrons. The highest BCUT2D eigenvalue weighted by Gasteiger charge is 2.16. The second kappa shape index (κ2) is 7.86. The molecule has 0 aliphatic rings. The number of nitrogens with zero attached hydrogens (tertiary/aromatic N) is 4. The topological polar surface area (TPSA) is 102 Å². The Labute approximate surface area is 176 Å². The predicted octanol–water partition coefficient (Wildman–Crippen LogP) is 4.82. The van der Waals surface area contributed by atoms with Crippen LogP contribution in [-0.4, -0.2) is 32.7 Å². The molecule has 0 aliphatic carbocycles. The lowest BCUT2D eigenvalue weighted by atomic mass is 10.1. The highest BCUT2D eigenvalue weighted by molar-refractivity contribution is 5.86. The number of rotatable bonds is 5. The summed E-state index contributed by atoms with van der Waals surface area (Å²) in [6, 6.07) is 11.8. The van der Waals surface area contributed by atoms with Gasteiger partial charge in [-0.3, -0.25) is 14.5 Å². The van der Waals surface area contributed by atoms with E-state index in [1.807, 2.05) is 19.1 Å². The van der Waals surface area contributed by atoms with E-state index in [1.165, 1.54) is 19.4 Å². The molecule has 9 heteroatoms. The number of fused-ring (bicyclic) bond motifs is 1. The number of aromatic nitrogens is 2. The van der Waals surface area contributed by atoms with E-state index in [0.29, 0.717) is 22.7 Å². The number of imidazole rings is 1. The third-order valence-corrected chi connectivity index (χ3v) is 4.73. The fraction of sp³-hybridized carbons (Fsp3) is 0.0909. The summed E-state index contributed by atoms with van der Waals surface area (Å²) in [7, 11) is 1.44. The summed E-state index contributed by atoms with van der Waals surface area (Å²) in [4.78, 5) is 19.5. The molecule has 0 fully saturated rings. The Bertz CT molecular complexity index is 1350. The number of non-ortho nitro benzene ring substituents is 1. The van der Waals surface area contributed by atoms with Crippen LogP contribution in [-0.2, 0) is 0 Å². The van der Waals surface area contributed by atoms with Gasteiger partial charge in [-0.25, -0.2) is 14.4 Å². The number of phenols is 1. The molecule has 1 N–H and O–H groups in total. The van der Waals surface area contributed by atoms with E-state index in [0.717, 1.165) is 23.8 Å². The van der Waals surface area contributed by atoms with Gasteiger partial charge in [0.15, 0.2) is 17.3 Å². The molecule has 2 aromatic heterocycles. The molecule has 0 saturated carbocycles. The average Bonchev–Trinajstić information content (AvgIpc) is 3.10. The van der Waals surface area contributed by atoms with Gasteiger partial charge in [0.05, 0.1) is 12.0 Å². The molecule has 2 aromatic carbocycles. The summed E-state index contributed by atoms with van der Waals surface area (Å²) in [6.45, 7) is 1.93. The Morgan fingerprint density at radius 2 is 2.03 bits per heavy atom. The molecule has 0 atom stereocenters. The molecule has 4 rings (SSSR count). The maximum Gasteiger partial charge on any atom is 0.270 e. The minimum Gasteiger partial charge on any atom is -0.504 e. The Kier molecular flexibility index (Phi) is 5.08. The SMILES string of the molecule is COc1cc(-c2nc3cc(C)ccn3c2N=Cc2cc([N+](=O)[O-])ccc2F)ccc1O. The van der Waals surface area contributed by atoms with Crippen LogP contribution in [0.25, 0.3) is 16.9 Å². The summed E-state index contributed by atoms with van der Waals surface area (Å²) in [5.74, 6) is 0.0143. The average molecular weight is 420 g/mol. The van der Waals surface area contributed by atoms with E-state index in [-0.39, 0.29) is 22.7 Å². The van der Waals surface area contributed by atoms with Gasteiger partial charge in [-0.05, 0) is 48.9 Å². The lowest BCUT2D eigenvalue weighted by Gasteiger charge is -2.06. The summed E-state index contributed by atoms with van der Waals surface area (Å²) >= 11 is 0. The number of halogens is 1. The molecular weight excluding hydrogens is 403 g/mol. The number of hydrogen-bond acceptors (Lipinski definition) is 6. The second-order valence-corrected chi connectivity index (χ2v) is 6.82. The quantitative estimate of drug-likeness (QED) is 0.283. The molecule has 0 saturated heterocycles. The fourth-order valence-electron chi connectivity index (χ4n) is 3.15. The standard InChI is InChI=1S/C22H17FN4O4/c1-13-7-8-26-20(9-13)25-21(14-3-6-18(28)19(11-14)31-2)22(26)24-12-15-10-16(27(29)30)4-5-17(15)23/h3-12,28H,1-2H3. The molecule has 2 heterocycles. The number of ether oxygens (including phenoxy) is 1. The number of nitro benzene ring substituents is 1. The Morgan fingerprint density at radius 1 is 1.23 bits per heavy atom. The number of benzene rings is 2. The van der Waals surface area contributed by atoms with Crippen LogP contribution in [0.2, 0.25) is 0 Å². The van der Waals surface area contributed by atoms with Crippen LogP contribution >= 0.6 is 0 Å². The minimum atomic E-state index is -0.633. The van der Waals surface area contributed by atoms with Crippen molar-refractivity contribution in [3.8, 4) is 22.8 Å². The molecule has 0 spiro atoms. The number of phenolic OH excluding ortho intramolecular Hbond substituents is 1.